The maximum atomic E-state index is 10.6. The standard InChI is InChI=1S/C10H7ClO2/c1-13-10(12)6-5-8-3-2-4-9(11)7-8/h2-4,7H,1H3. The SMILES string of the molecule is COC(=O)C#Cc1cccc(Cl)c1. The molecule has 0 radical (unpaired) electrons. The molecule has 2 nitrogen and oxygen atoms in total. The number of halogens is 1. The lowest BCUT2D eigenvalue weighted by atomic mass is 10.2. The fourth-order valence-electron chi connectivity index (χ4n) is 0.740. The Labute approximate surface area is 81.5 Å². The van der Waals surface area contributed by atoms with Crippen LogP contribution in [0.2, 0.25) is 5.02 Å². The van der Waals surface area contributed by atoms with Crippen LogP contribution in [0.15, 0.2) is 24.3 Å². The predicted molar refractivity (Wildman–Crippen MR) is 50.3 cm³/mol. The average Bonchev–Trinajstić information content (AvgIpc) is 2.14. The first-order valence-electron chi connectivity index (χ1n) is 3.58. The van der Waals surface area contributed by atoms with Gasteiger partial charge in [-0.3, -0.25) is 0 Å². The number of carbonyl (C=O) groups excluding carboxylic acids is 1. The molecule has 0 aliphatic carbocycles. The lowest BCUT2D eigenvalue weighted by molar-refractivity contribution is -0.133. The molecule has 0 spiro atoms. The number of hydrogen-bond acceptors (Lipinski definition) is 2. The highest BCUT2D eigenvalue weighted by atomic mass is 35.5. The van der Waals surface area contributed by atoms with Crippen molar-refractivity contribution in [1.82, 2.24) is 0 Å². The average molecular weight is 195 g/mol. The second kappa shape index (κ2) is 4.54. The molecule has 0 atom stereocenters. The first-order valence-corrected chi connectivity index (χ1v) is 3.95. The largest absolute Gasteiger partial charge is 0.459 e. The summed E-state index contributed by atoms with van der Waals surface area (Å²) in [5, 5.41) is 0.594. The van der Waals surface area contributed by atoms with Gasteiger partial charge in [-0.05, 0) is 18.2 Å². The molecule has 13 heavy (non-hydrogen) atoms. The zero-order valence-electron chi connectivity index (χ0n) is 7.00. The van der Waals surface area contributed by atoms with Gasteiger partial charge in [0.15, 0.2) is 0 Å². The zero-order valence-corrected chi connectivity index (χ0v) is 7.76. The highest BCUT2D eigenvalue weighted by Crippen LogP contribution is 2.09. The quantitative estimate of drug-likeness (QED) is 0.466. The van der Waals surface area contributed by atoms with E-state index in [2.05, 4.69) is 16.6 Å². The zero-order chi connectivity index (χ0) is 9.68. The third-order valence-corrected chi connectivity index (χ3v) is 1.55. The van der Waals surface area contributed by atoms with E-state index in [4.69, 9.17) is 11.6 Å². The van der Waals surface area contributed by atoms with Crippen LogP contribution in [0.1, 0.15) is 5.56 Å². The molecule has 1 aromatic carbocycles. The van der Waals surface area contributed by atoms with E-state index in [9.17, 15) is 4.79 Å². The Hall–Kier alpha value is -1.46. The smallest absolute Gasteiger partial charge is 0.384 e. The molecule has 0 N–H and O–H groups in total. The highest BCUT2D eigenvalue weighted by molar-refractivity contribution is 6.30. The van der Waals surface area contributed by atoms with Crippen molar-refractivity contribution in [2.24, 2.45) is 0 Å². The molecule has 1 aromatic rings. The first-order chi connectivity index (χ1) is 6.22. The Morgan fingerprint density at radius 3 is 2.92 bits per heavy atom. The number of methoxy groups -OCH3 is 1. The van der Waals surface area contributed by atoms with Gasteiger partial charge in [0, 0.05) is 16.5 Å². The molecule has 0 fully saturated rings. The number of benzene rings is 1. The molecule has 1 rings (SSSR count). The fourth-order valence-corrected chi connectivity index (χ4v) is 0.931. The van der Waals surface area contributed by atoms with E-state index < -0.39 is 5.97 Å². The Morgan fingerprint density at radius 2 is 2.31 bits per heavy atom. The van der Waals surface area contributed by atoms with Gasteiger partial charge in [-0.25, -0.2) is 4.79 Å². The summed E-state index contributed by atoms with van der Waals surface area (Å²) < 4.78 is 4.36. The summed E-state index contributed by atoms with van der Waals surface area (Å²) in [6, 6.07) is 6.95. The van der Waals surface area contributed by atoms with Crippen molar-refractivity contribution in [2.75, 3.05) is 7.11 Å². The molecule has 0 saturated heterocycles. The molecule has 0 aromatic heterocycles. The second-order valence-corrected chi connectivity index (χ2v) is 2.69. The van der Waals surface area contributed by atoms with Crippen LogP contribution >= 0.6 is 11.6 Å². The summed E-state index contributed by atoms with van der Waals surface area (Å²) in [6.07, 6.45) is 0. The summed E-state index contributed by atoms with van der Waals surface area (Å²) in [4.78, 5) is 10.6. The van der Waals surface area contributed by atoms with E-state index >= 15 is 0 Å². The molecule has 0 aliphatic rings. The highest BCUT2D eigenvalue weighted by Gasteiger charge is 1.91. The van der Waals surface area contributed by atoms with E-state index in [1.807, 2.05) is 0 Å². The maximum absolute atomic E-state index is 10.6. The van der Waals surface area contributed by atoms with Crippen LogP contribution in [0.3, 0.4) is 0 Å². The summed E-state index contributed by atoms with van der Waals surface area (Å²) in [6.45, 7) is 0. The van der Waals surface area contributed by atoms with Crippen molar-refractivity contribution in [1.29, 1.82) is 0 Å². The van der Waals surface area contributed by atoms with E-state index in [-0.39, 0.29) is 0 Å². The number of hydrogen-bond donors (Lipinski definition) is 0. The van der Waals surface area contributed by atoms with Crippen LogP contribution in [0.4, 0.5) is 0 Å². The fraction of sp³-hybridized carbons (Fsp3) is 0.100. The van der Waals surface area contributed by atoms with Gasteiger partial charge in [0.1, 0.15) is 0 Å². The number of rotatable bonds is 0. The van der Waals surface area contributed by atoms with Gasteiger partial charge in [-0.15, -0.1) is 0 Å². The molecular formula is C10H7ClO2. The van der Waals surface area contributed by atoms with Crippen molar-refractivity contribution in [3.8, 4) is 11.8 Å². The Kier molecular flexibility index (Phi) is 3.36. The van der Waals surface area contributed by atoms with Gasteiger partial charge in [0.05, 0.1) is 7.11 Å². The van der Waals surface area contributed by atoms with Gasteiger partial charge < -0.3 is 4.74 Å². The molecule has 0 amide bonds. The van der Waals surface area contributed by atoms with Crippen LogP contribution in [-0.2, 0) is 9.53 Å². The van der Waals surface area contributed by atoms with Gasteiger partial charge in [0.2, 0.25) is 0 Å². The summed E-state index contributed by atoms with van der Waals surface area (Å²) >= 11 is 5.71. The van der Waals surface area contributed by atoms with E-state index in [1.54, 1.807) is 24.3 Å². The minimum Gasteiger partial charge on any atom is -0.459 e. The molecule has 0 heterocycles. The summed E-state index contributed by atoms with van der Waals surface area (Å²) in [5.74, 6) is 4.38. The summed E-state index contributed by atoms with van der Waals surface area (Å²) in [7, 11) is 1.29. The number of esters is 1. The second-order valence-electron chi connectivity index (χ2n) is 2.25. The molecular weight excluding hydrogens is 188 g/mol. The summed E-state index contributed by atoms with van der Waals surface area (Å²) in [5.41, 5.74) is 0.693. The normalized spacial score (nSPS) is 8.46. The maximum Gasteiger partial charge on any atom is 0.384 e. The van der Waals surface area contributed by atoms with Crippen molar-refractivity contribution >= 4 is 17.6 Å². The third kappa shape index (κ3) is 3.18. The van der Waals surface area contributed by atoms with E-state index in [0.29, 0.717) is 10.6 Å². The van der Waals surface area contributed by atoms with Crippen molar-refractivity contribution in [2.45, 2.75) is 0 Å². The third-order valence-electron chi connectivity index (χ3n) is 1.32. The minimum atomic E-state index is -0.556. The molecule has 3 heteroatoms. The van der Waals surface area contributed by atoms with E-state index in [0.717, 1.165) is 0 Å². The molecule has 0 unspecified atom stereocenters. The molecule has 0 aliphatic heterocycles. The van der Waals surface area contributed by atoms with Crippen LogP contribution in [0.25, 0.3) is 0 Å². The Balaban J connectivity index is 2.83. The first kappa shape index (κ1) is 9.63. The molecule has 0 saturated carbocycles. The van der Waals surface area contributed by atoms with Crippen LogP contribution < -0.4 is 0 Å². The Morgan fingerprint density at radius 1 is 1.54 bits per heavy atom. The van der Waals surface area contributed by atoms with Gasteiger partial charge >= 0.3 is 5.97 Å². The topological polar surface area (TPSA) is 26.3 Å². The van der Waals surface area contributed by atoms with E-state index in [1.165, 1.54) is 7.11 Å². The van der Waals surface area contributed by atoms with Crippen LogP contribution in [0, 0.1) is 11.8 Å². The lowest BCUT2D eigenvalue weighted by Crippen LogP contribution is -1.94. The Bertz CT molecular complexity index is 374. The number of ether oxygens (including phenoxy) is 1. The van der Waals surface area contributed by atoms with Crippen molar-refractivity contribution in [3.05, 3.63) is 34.9 Å². The van der Waals surface area contributed by atoms with Gasteiger partial charge in [-0.1, -0.05) is 23.6 Å². The molecule has 66 valence electrons. The van der Waals surface area contributed by atoms with Crippen LogP contribution in [0.5, 0.6) is 0 Å². The van der Waals surface area contributed by atoms with Gasteiger partial charge in [0.25, 0.3) is 0 Å². The lowest BCUT2D eigenvalue weighted by Gasteiger charge is -1.90. The number of carbonyl (C=O) groups is 1. The predicted octanol–water partition coefficient (Wildman–Crippen LogP) is 1.86. The monoisotopic (exact) mass is 194 g/mol. The minimum absolute atomic E-state index is 0.556. The van der Waals surface area contributed by atoms with Crippen molar-refractivity contribution < 1.29 is 9.53 Å². The van der Waals surface area contributed by atoms with Crippen LogP contribution in [-0.4, -0.2) is 13.1 Å². The molecule has 0 bridgehead atoms. The van der Waals surface area contributed by atoms with Crippen molar-refractivity contribution in [3.63, 3.8) is 0 Å². The van der Waals surface area contributed by atoms with Gasteiger partial charge in [-0.2, -0.15) is 0 Å².